The molecule has 1 spiro atoms. The normalized spacial score (nSPS) is 22.2. The van der Waals surface area contributed by atoms with Gasteiger partial charge < -0.3 is 14.2 Å². The quantitative estimate of drug-likeness (QED) is 0.895. The maximum atomic E-state index is 12.6. The fraction of sp³-hybridized carbons (Fsp3) is 0.450. The smallest absolute Gasteiger partial charge is 0.280 e. The molecule has 2 aliphatic rings. The number of benzene rings is 1. The van der Waals surface area contributed by atoms with Crippen molar-refractivity contribution in [3.8, 4) is 5.75 Å². The number of aromatic amines is 1. The first kappa shape index (κ1) is 17.6. The Morgan fingerprint density at radius 1 is 1.19 bits per heavy atom. The second-order valence-corrected chi connectivity index (χ2v) is 7.29. The number of fused-ring (bicyclic) bond motifs is 1. The molecule has 1 atom stereocenters. The van der Waals surface area contributed by atoms with Gasteiger partial charge in [0.25, 0.3) is 5.56 Å². The highest BCUT2D eigenvalue weighted by Gasteiger charge is 2.41. The van der Waals surface area contributed by atoms with Crippen molar-refractivity contribution in [1.29, 1.82) is 0 Å². The van der Waals surface area contributed by atoms with Crippen LogP contribution in [0.1, 0.15) is 48.2 Å². The van der Waals surface area contributed by atoms with Crippen molar-refractivity contribution in [3.63, 3.8) is 0 Å². The number of likely N-dealkylation sites (tertiary alicyclic amines) is 1. The first-order chi connectivity index (χ1) is 13.0. The van der Waals surface area contributed by atoms with Crippen molar-refractivity contribution in [3.05, 3.63) is 52.0 Å². The minimum atomic E-state index is -0.520. The van der Waals surface area contributed by atoms with Gasteiger partial charge in [0.2, 0.25) is 5.91 Å². The number of nitrogens with one attached hydrogen (secondary N) is 1. The molecule has 1 aromatic carbocycles. The Morgan fingerprint density at radius 3 is 2.85 bits per heavy atom. The predicted octanol–water partition coefficient (Wildman–Crippen LogP) is 2.32. The number of ether oxygens (including phenoxy) is 1. The number of H-pyrrole nitrogens is 1. The SMILES string of the molecule is O=C1CC2(CCCN(C(=O)CCc3cc(=O)[nH]o3)CC2)Oc2ccccc21. The molecule has 7 nitrogen and oxygen atoms in total. The number of aromatic nitrogens is 1. The van der Waals surface area contributed by atoms with Gasteiger partial charge in [0, 0.05) is 38.4 Å². The summed E-state index contributed by atoms with van der Waals surface area (Å²) in [6.07, 6.45) is 3.22. The van der Waals surface area contributed by atoms with Gasteiger partial charge in [0.15, 0.2) is 5.78 Å². The molecule has 2 aromatic rings. The Kier molecular flexibility index (Phi) is 4.59. The molecule has 0 bridgehead atoms. The van der Waals surface area contributed by atoms with Crippen LogP contribution in [0.15, 0.2) is 39.6 Å². The van der Waals surface area contributed by atoms with Crippen LogP contribution >= 0.6 is 0 Å². The van der Waals surface area contributed by atoms with E-state index in [0.717, 1.165) is 12.8 Å². The molecule has 0 aliphatic carbocycles. The molecule has 3 heterocycles. The zero-order chi connectivity index (χ0) is 18.9. The van der Waals surface area contributed by atoms with E-state index in [1.54, 1.807) is 6.07 Å². The van der Waals surface area contributed by atoms with Crippen LogP contribution < -0.4 is 10.3 Å². The topological polar surface area (TPSA) is 92.6 Å². The predicted molar refractivity (Wildman–Crippen MR) is 96.8 cm³/mol. The fourth-order valence-corrected chi connectivity index (χ4v) is 3.97. The molecule has 2 aliphatic heterocycles. The van der Waals surface area contributed by atoms with Gasteiger partial charge in [-0.25, -0.2) is 0 Å². The van der Waals surface area contributed by atoms with Crippen molar-refractivity contribution < 1.29 is 18.8 Å². The summed E-state index contributed by atoms with van der Waals surface area (Å²) in [4.78, 5) is 38.0. The number of rotatable bonds is 3. The van der Waals surface area contributed by atoms with E-state index in [4.69, 9.17) is 9.26 Å². The van der Waals surface area contributed by atoms with Gasteiger partial charge in [-0.15, -0.1) is 0 Å². The van der Waals surface area contributed by atoms with Gasteiger partial charge in [-0.1, -0.05) is 12.1 Å². The summed E-state index contributed by atoms with van der Waals surface area (Å²) in [6, 6.07) is 8.72. The van der Waals surface area contributed by atoms with Crippen LogP contribution in [0, 0.1) is 0 Å². The molecule has 4 rings (SSSR count). The van der Waals surface area contributed by atoms with Crippen LogP contribution in [0.5, 0.6) is 5.75 Å². The Hall–Kier alpha value is -2.83. The van der Waals surface area contributed by atoms with Gasteiger partial charge in [0.05, 0.1) is 12.0 Å². The lowest BCUT2D eigenvalue weighted by atomic mass is 9.84. The monoisotopic (exact) mass is 370 g/mol. The molecule has 1 saturated heterocycles. The van der Waals surface area contributed by atoms with Crippen LogP contribution in [0.2, 0.25) is 0 Å². The molecular weight excluding hydrogens is 348 g/mol. The van der Waals surface area contributed by atoms with Crippen LogP contribution in [0.4, 0.5) is 0 Å². The Bertz CT molecular complexity index is 915. The highest BCUT2D eigenvalue weighted by Crippen LogP contribution is 2.39. The summed E-state index contributed by atoms with van der Waals surface area (Å²) in [5.74, 6) is 1.27. The highest BCUT2D eigenvalue weighted by molar-refractivity contribution is 6.00. The molecule has 1 fully saturated rings. The van der Waals surface area contributed by atoms with Crippen molar-refractivity contribution in [2.24, 2.45) is 0 Å². The molecule has 1 amide bonds. The molecule has 1 N–H and O–H groups in total. The lowest BCUT2D eigenvalue weighted by molar-refractivity contribution is -0.131. The highest BCUT2D eigenvalue weighted by atomic mass is 16.5. The van der Waals surface area contributed by atoms with E-state index in [1.165, 1.54) is 6.07 Å². The first-order valence-electron chi connectivity index (χ1n) is 9.31. The molecule has 7 heteroatoms. The Balaban J connectivity index is 1.40. The van der Waals surface area contributed by atoms with E-state index in [9.17, 15) is 14.4 Å². The molecule has 1 aromatic heterocycles. The molecule has 27 heavy (non-hydrogen) atoms. The summed E-state index contributed by atoms with van der Waals surface area (Å²) in [6.45, 7) is 1.21. The Morgan fingerprint density at radius 2 is 2.04 bits per heavy atom. The molecule has 1 unspecified atom stereocenters. The summed E-state index contributed by atoms with van der Waals surface area (Å²) in [5.41, 5.74) is -0.171. The zero-order valence-corrected chi connectivity index (χ0v) is 15.0. The number of carbonyl (C=O) groups is 2. The summed E-state index contributed by atoms with van der Waals surface area (Å²) in [5, 5.41) is 2.23. The van der Waals surface area contributed by atoms with Gasteiger partial charge in [0.1, 0.15) is 17.1 Å². The second-order valence-electron chi connectivity index (χ2n) is 7.29. The average Bonchev–Trinajstić information content (AvgIpc) is 2.97. The van der Waals surface area contributed by atoms with E-state index in [-0.39, 0.29) is 23.7 Å². The minimum Gasteiger partial charge on any atom is -0.486 e. The average molecular weight is 370 g/mol. The number of aryl methyl sites for hydroxylation is 1. The van der Waals surface area contributed by atoms with E-state index in [2.05, 4.69) is 5.16 Å². The van der Waals surface area contributed by atoms with E-state index >= 15 is 0 Å². The largest absolute Gasteiger partial charge is 0.486 e. The maximum Gasteiger partial charge on any atom is 0.280 e. The van der Waals surface area contributed by atoms with Crippen molar-refractivity contribution in [1.82, 2.24) is 10.1 Å². The van der Waals surface area contributed by atoms with Crippen LogP contribution in [-0.2, 0) is 11.2 Å². The lowest BCUT2D eigenvalue weighted by Crippen LogP contribution is -2.43. The van der Waals surface area contributed by atoms with E-state index in [1.807, 2.05) is 23.1 Å². The second kappa shape index (κ2) is 7.06. The molecule has 0 radical (unpaired) electrons. The number of hydrogen-bond acceptors (Lipinski definition) is 5. The van der Waals surface area contributed by atoms with Gasteiger partial charge in [-0.2, -0.15) is 5.16 Å². The van der Waals surface area contributed by atoms with E-state index in [0.29, 0.717) is 49.4 Å². The number of amides is 1. The number of Topliss-reactive ketones (excluding diaryl/α,β-unsaturated/α-hetero) is 1. The lowest BCUT2D eigenvalue weighted by Gasteiger charge is -2.37. The number of nitrogens with zero attached hydrogens (tertiary/aromatic N) is 1. The summed E-state index contributed by atoms with van der Waals surface area (Å²) in [7, 11) is 0. The van der Waals surface area contributed by atoms with Crippen molar-refractivity contribution in [2.75, 3.05) is 13.1 Å². The molecule has 142 valence electrons. The minimum absolute atomic E-state index is 0.0263. The standard InChI is InChI=1S/C20H22N2O5/c23-16-13-20(26-17-5-2-1-4-15(16)17)8-3-10-22(11-9-20)19(25)7-6-14-12-18(24)21-27-14/h1-2,4-5,12H,3,6-11,13H2,(H,21,24). The van der Waals surface area contributed by atoms with Crippen LogP contribution in [0.3, 0.4) is 0 Å². The fourth-order valence-electron chi connectivity index (χ4n) is 3.97. The number of ketones is 1. The third kappa shape index (κ3) is 3.67. The number of hydrogen-bond donors (Lipinski definition) is 1. The first-order valence-corrected chi connectivity index (χ1v) is 9.31. The van der Waals surface area contributed by atoms with E-state index < -0.39 is 5.60 Å². The summed E-state index contributed by atoms with van der Waals surface area (Å²) < 4.78 is 11.3. The molecule has 0 saturated carbocycles. The van der Waals surface area contributed by atoms with Crippen molar-refractivity contribution >= 4 is 11.7 Å². The third-order valence-corrected chi connectivity index (χ3v) is 5.41. The number of para-hydroxylation sites is 1. The number of carbonyl (C=O) groups excluding carboxylic acids is 2. The molecular formula is C20H22N2O5. The maximum absolute atomic E-state index is 12.6. The zero-order valence-electron chi connectivity index (χ0n) is 15.0. The van der Waals surface area contributed by atoms with Crippen LogP contribution in [0.25, 0.3) is 0 Å². The van der Waals surface area contributed by atoms with Gasteiger partial charge >= 0.3 is 0 Å². The van der Waals surface area contributed by atoms with Crippen molar-refractivity contribution in [2.45, 2.75) is 44.1 Å². The van der Waals surface area contributed by atoms with Crippen LogP contribution in [-0.4, -0.2) is 40.4 Å². The Labute approximate surface area is 156 Å². The third-order valence-electron chi connectivity index (χ3n) is 5.41. The van der Waals surface area contributed by atoms with Gasteiger partial charge in [-0.05, 0) is 25.0 Å². The van der Waals surface area contributed by atoms with Gasteiger partial charge in [-0.3, -0.25) is 14.4 Å². The summed E-state index contributed by atoms with van der Waals surface area (Å²) >= 11 is 0.